The standard InChI is InChI=1S/C48H39N3/c1-2-7-43-41(5-1)40(35-19-23-50-24-20-35)14-16-47(43)51(38-11-9-33(10-12-38)34-17-21-49-22-18-34)39-13-15-46-44(30-39)42-6-3-4-8-45(42)48(46)36-26-31-25-32(28-36)29-37(48)27-31/h1-24,30-32,36-37H,25-29H2. The third-order valence-electron chi connectivity index (χ3n) is 13.1. The Morgan fingerprint density at radius 2 is 1.04 bits per heavy atom. The molecule has 5 aliphatic carbocycles. The predicted octanol–water partition coefficient (Wildman–Crippen LogP) is 12.2. The van der Waals surface area contributed by atoms with Crippen LogP contribution in [0.5, 0.6) is 0 Å². The van der Waals surface area contributed by atoms with E-state index in [1.807, 2.05) is 24.8 Å². The van der Waals surface area contributed by atoms with Crippen molar-refractivity contribution in [2.24, 2.45) is 23.7 Å². The van der Waals surface area contributed by atoms with E-state index in [1.54, 1.807) is 11.1 Å². The van der Waals surface area contributed by atoms with E-state index in [0.717, 1.165) is 29.4 Å². The van der Waals surface area contributed by atoms with Gasteiger partial charge in [0.2, 0.25) is 0 Å². The first-order chi connectivity index (χ1) is 25.3. The van der Waals surface area contributed by atoms with Crippen molar-refractivity contribution < 1.29 is 0 Å². The van der Waals surface area contributed by atoms with Gasteiger partial charge in [-0.05, 0) is 160 Å². The summed E-state index contributed by atoms with van der Waals surface area (Å²) >= 11 is 0. The first-order valence-electron chi connectivity index (χ1n) is 18.7. The van der Waals surface area contributed by atoms with Crippen LogP contribution in [0.1, 0.15) is 43.2 Å². The molecule has 1 spiro atoms. The Kier molecular flexibility index (Phi) is 6.44. The van der Waals surface area contributed by atoms with Crippen LogP contribution in [0.2, 0.25) is 0 Å². The smallest absolute Gasteiger partial charge is 0.0540 e. The molecule has 5 aromatic carbocycles. The number of fused-ring (bicyclic) bond motifs is 4. The van der Waals surface area contributed by atoms with Crippen LogP contribution in [-0.2, 0) is 5.41 Å². The van der Waals surface area contributed by atoms with Crippen molar-refractivity contribution in [1.82, 2.24) is 9.97 Å². The summed E-state index contributed by atoms with van der Waals surface area (Å²) in [6.07, 6.45) is 14.6. The zero-order chi connectivity index (χ0) is 33.5. The molecule has 5 aliphatic rings. The number of hydrogen-bond acceptors (Lipinski definition) is 3. The molecule has 3 nitrogen and oxygen atoms in total. The van der Waals surface area contributed by atoms with E-state index in [4.69, 9.17) is 0 Å². The monoisotopic (exact) mass is 657 g/mol. The van der Waals surface area contributed by atoms with E-state index in [9.17, 15) is 0 Å². The van der Waals surface area contributed by atoms with E-state index < -0.39 is 0 Å². The van der Waals surface area contributed by atoms with Crippen molar-refractivity contribution in [2.75, 3.05) is 4.90 Å². The molecule has 3 heteroatoms. The summed E-state index contributed by atoms with van der Waals surface area (Å²) in [6.45, 7) is 0. The number of rotatable bonds is 5. The van der Waals surface area contributed by atoms with Gasteiger partial charge in [-0.15, -0.1) is 0 Å². The molecule has 0 amide bonds. The third kappa shape index (κ3) is 4.30. The molecule has 0 N–H and O–H groups in total. The van der Waals surface area contributed by atoms with E-state index in [2.05, 4.69) is 142 Å². The summed E-state index contributed by atoms with van der Waals surface area (Å²) in [4.78, 5) is 11.0. The minimum Gasteiger partial charge on any atom is -0.310 e. The highest BCUT2D eigenvalue weighted by atomic mass is 15.1. The van der Waals surface area contributed by atoms with Crippen LogP contribution in [0.25, 0.3) is 44.2 Å². The second kappa shape index (κ2) is 11.2. The summed E-state index contributed by atoms with van der Waals surface area (Å²) in [7, 11) is 0. The average Bonchev–Trinajstić information content (AvgIpc) is 3.48. The number of benzene rings is 5. The molecule has 0 unspecified atom stereocenters. The Morgan fingerprint density at radius 3 is 1.76 bits per heavy atom. The molecule has 0 atom stereocenters. The van der Waals surface area contributed by atoms with Gasteiger partial charge in [0.05, 0.1) is 5.69 Å². The highest BCUT2D eigenvalue weighted by molar-refractivity contribution is 6.06. The van der Waals surface area contributed by atoms with Gasteiger partial charge in [-0.2, -0.15) is 0 Å². The molecule has 0 saturated heterocycles. The zero-order valence-electron chi connectivity index (χ0n) is 28.6. The van der Waals surface area contributed by atoms with Gasteiger partial charge in [0.1, 0.15) is 0 Å². The van der Waals surface area contributed by atoms with Crippen LogP contribution in [0.15, 0.2) is 152 Å². The molecule has 0 aliphatic heterocycles. The molecular formula is C48H39N3. The second-order valence-electron chi connectivity index (χ2n) is 15.5. The van der Waals surface area contributed by atoms with Crippen molar-refractivity contribution in [1.29, 1.82) is 0 Å². The number of aromatic nitrogens is 2. The van der Waals surface area contributed by atoms with Crippen molar-refractivity contribution in [3.8, 4) is 33.4 Å². The number of nitrogens with zero attached hydrogens (tertiary/aromatic N) is 3. The molecule has 4 fully saturated rings. The van der Waals surface area contributed by atoms with Crippen LogP contribution < -0.4 is 4.90 Å². The fourth-order valence-corrected chi connectivity index (χ4v) is 11.3. The summed E-state index contributed by atoms with van der Waals surface area (Å²) < 4.78 is 0. The number of hydrogen-bond donors (Lipinski definition) is 0. The number of pyridine rings is 2. The Balaban J connectivity index is 1.11. The van der Waals surface area contributed by atoms with Gasteiger partial charge in [-0.3, -0.25) is 9.97 Å². The Bertz CT molecular complexity index is 2400. The molecule has 4 saturated carbocycles. The van der Waals surface area contributed by atoms with E-state index in [0.29, 0.717) is 0 Å². The van der Waals surface area contributed by atoms with Gasteiger partial charge in [0.15, 0.2) is 0 Å². The average molecular weight is 658 g/mol. The van der Waals surface area contributed by atoms with E-state index in [-0.39, 0.29) is 5.41 Å². The highest BCUT2D eigenvalue weighted by Gasteiger charge is 2.61. The Morgan fingerprint density at radius 1 is 0.451 bits per heavy atom. The maximum Gasteiger partial charge on any atom is 0.0540 e. The normalized spacial score (nSPS) is 23.8. The summed E-state index contributed by atoms with van der Waals surface area (Å²) in [5.41, 5.74) is 14.5. The van der Waals surface area contributed by atoms with Crippen LogP contribution in [0.3, 0.4) is 0 Å². The predicted molar refractivity (Wildman–Crippen MR) is 208 cm³/mol. The van der Waals surface area contributed by atoms with Crippen LogP contribution in [0.4, 0.5) is 17.1 Å². The molecule has 246 valence electrons. The van der Waals surface area contributed by atoms with E-state index in [1.165, 1.54) is 87.6 Å². The largest absolute Gasteiger partial charge is 0.310 e. The van der Waals surface area contributed by atoms with Gasteiger partial charge in [-0.25, -0.2) is 0 Å². The zero-order valence-corrected chi connectivity index (χ0v) is 28.6. The van der Waals surface area contributed by atoms with Gasteiger partial charge < -0.3 is 4.90 Å². The fraction of sp³-hybridized carbons (Fsp3) is 0.208. The summed E-state index contributed by atoms with van der Waals surface area (Å²) in [5, 5.41) is 2.46. The van der Waals surface area contributed by atoms with Gasteiger partial charge in [-0.1, -0.05) is 72.8 Å². The maximum atomic E-state index is 4.29. The molecule has 51 heavy (non-hydrogen) atoms. The molecule has 4 bridgehead atoms. The first-order valence-corrected chi connectivity index (χ1v) is 18.7. The lowest BCUT2D eigenvalue weighted by Gasteiger charge is -2.61. The summed E-state index contributed by atoms with van der Waals surface area (Å²) in [5.74, 6) is 3.37. The van der Waals surface area contributed by atoms with Crippen LogP contribution in [0, 0.1) is 23.7 Å². The topological polar surface area (TPSA) is 29.0 Å². The lowest BCUT2D eigenvalue weighted by Crippen LogP contribution is -2.55. The van der Waals surface area contributed by atoms with Crippen molar-refractivity contribution in [3.63, 3.8) is 0 Å². The second-order valence-corrected chi connectivity index (χ2v) is 15.5. The first kappa shape index (κ1) is 29.2. The lowest BCUT2D eigenvalue weighted by atomic mass is 9.43. The van der Waals surface area contributed by atoms with Gasteiger partial charge in [0.25, 0.3) is 0 Å². The SMILES string of the molecule is c1ccc2c(c1)-c1cc(N(c3ccc(-c4ccncc4)cc3)c3ccc(-c4ccncc4)c4ccccc34)ccc1C21C2CC3CC(C2)CC1C3. The molecule has 0 radical (unpaired) electrons. The molecule has 2 heterocycles. The molecule has 2 aromatic heterocycles. The molecule has 12 rings (SSSR count). The summed E-state index contributed by atoms with van der Waals surface area (Å²) in [6, 6.07) is 47.8. The van der Waals surface area contributed by atoms with E-state index >= 15 is 0 Å². The van der Waals surface area contributed by atoms with Crippen molar-refractivity contribution >= 4 is 27.8 Å². The fourth-order valence-electron chi connectivity index (χ4n) is 11.3. The van der Waals surface area contributed by atoms with Crippen molar-refractivity contribution in [2.45, 2.75) is 37.5 Å². The minimum atomic E-state index is 0.160. The minimum absolute atomic E-state index is 0.160. The highest BCUT2D eigenvalue weighted by Crippen LogP contribution is 2.69. The van der Waals surface area contributed by atoms with Gasteiger partial charge >= 0.3 is 0 Å². The number of anilines is 3. The van der Waals surface area contributed by atoms with Crippen molar-refractivity contribution in [3.05, 3.63) is 163 Å². The van der Waals surface area contributed by atoms with Gasteiger partial charge in [0, 0.05) is 47.0 Å². The maximum absolute atomic E-state index is 4.29. The van der Waals surface area contributed by atoms with Crippen LogP contribution in [-0.4, -0.2) is 9.97 Å². The quantitative estimate of drug-likeness (QED) is 0.184. The third-order valence-corrected chi connectivity index (χ3v) is 13.1. The van der Waals surface area contributed by atoms with Crippen LogP contribution >= 0.6 is 0 Å². The Labute approximate surface area is 299 Å². The molecular weight excluding hydrogens is 619 g/mol. The molecule has 7 aromatic rings. The Hall–Kier alpha value is -5.54. The lowest BCUT2D eigenvalue weighted by molar-refractivity contribution is -0.0399.